The molecule has 0 heterocycles. The quantitative estimate of drug-likeness (QED) is 0.621. The number of thioether (sulfide) groups is 1. The van der Waals surface area contributed by atoms with Gasteiger partial charge in [-0.05, 0) is 43.0 Å². The van der Waals surface area contributed by atoms with Crippen LogP contribution in [-0.2, 0) is 0 Å². The second kappa shape index (κ2) is 6.82. The molecule has 0 spiro atoms. The smallest absolute Gasteiger partial charge is 0.0497 e. The Morgan fingerprint density at radius 2 is 1.84 bits per heavy atom. The summed E-state index contributed by atoms with van der Waals surface area (Å²) in [5, 5.41) is 3.57. The van der Waals surface area contributed by atoms with Gasteiger partial charge in [0.2, 0.25) is 0 Å². The summed E-state index contributed by atoms with van der Waals surface area (Å²) in [6.07, 6.45) is 2.10. The molecule has 1 N–H and O–H groups in total. The van der Waals surface area contributed by atoms with Gasteiger partial charge in [0.1, 0.15) is 0 Å². The third-order valence-electron chi connectivity index (χ3n) is 2.91. The highest BCUT2D eigenvalue weighted by Crippen LogP contribution is 2.32. The lowest BCUT2D eigenvalue weighted by Gasteiger charge is -2.19. The zero-order valence-corrected chi connectivity index (χ0v) is 14.8. The first-order valence-corrected chi connectivity index (χ1v) is 8.77. The first-order valence-electron chi connectivity index (χ1n) is 5.96. The number of hydrogen-bond donors (Lipinski definition) is 1. The number of halogens is 2. The van der Waals surface area contributed by atoms with Crippen molar-refractivity contribution in [2.45, 2.75) is 17.9 Å². The fourth-order valence-corrected chi connectivity index (χ4v) is 3.88. The second-order valence-electron chi connectivity index (χ2n) is 4.23. The molecule has 0 amide bonds. The van der Waals surface area contributed by atoms with Crippen LogP contribution in [0.4, 0.5) is 5.69 Å². The molecule has 0 aromatic heterocycles. The molecule has 0 aliphatic rings. The van der Waals surface area contributed by atoms with Gasteiger partial charge >= 0.3 is 0 Å². The first-order chi connectivity index (χ1) is 9.11. The zero-order valence-electron chi connectivity index (χ0n) is 10.8. The summed E-state index contributed by atoms with van der Waals surface area (Å²) in [5.41, 5.74) is 2.43. The van der Waals surface area contributed by atoms with Gasteiger partial charge in [0, 0.05) is 25.6 Å². The van der Waals surface area contributed by atoms with Crippen LogP contribution in [0.3, 0.4) is 0 Å². The van der Waals surface area contributed by atoms with Crippen molar-refractivity contribution in [1.29, 1.82) is 0 Å². The van der Waals surface area contributed by atoms with E-state index in [2.05, 4.69) is 92.8 Å². The maximum absolute atomic E-state index is 3.62. The highest BCUT2D eigenvalue weighted by Gasteiger charge is 2.11. The molecule has 1 atom stereocenters. The molecule has 100 valence electrons. The molecule has 0 aliphatic carbocycles. The molecule has 1 unspecified atom stereocenters. The Balaban J connectivity index is 2.23. The van der Waals surface area contributed by atoms with Crippen molar-refractivity contribution in [1.82, 2.24) is 0 Å². The van der Waals surface area contributed by atoms with Crippen molar-refractivity contribution < 1.29 is 0 Å². The minimum absolute atomic E-state index is 0.246. The number of benzene rings is 2. The zero-order chi connectivity index (χ0) is 13.8. The van der Waals surface area contributed by atoms with E-state index in [-0.39, 0.29) is 6.04 Å². The summed E-state index contributed by atoms with van der Waals surface area (Å²) in [5.74, 6) is 0. The number of anilines is 1. The molecule has 4 heteroatoms. The van der Waals surface area contributed by atoms with Crippen LogP contribution in [0.15, 0.2) is 56.3 Å². The van der Waals surface area contributed by atoms with Crippen LogP contribution >= 0.6 is 43.6 Å². The fraction of sp³-hybridized carbons (Fsp3) is 0.200. The third kappa shape index (κ3) is 3.77. The number of rotatable bonds is 4. The minimum Gasteiger partial charge on any atom is -0.378 e. The number of hydrogen-bond acceptors (Lipinski definition) is 2. The summed E-state index contributed by atoms with van der Waals surface area (Å²) in [7, 11) is 0. The Morgan fingerprint density at radius 1 is 1.11 bits per heavy atom. The molecule has 0 fully saturated rings. The van der Waals surface area contributed by atoms with Gasteiger partial charge in [0.25, 0.3) is 0 Å². The van der Waals surface area contributed by atoms with Gasteiger partial charge in [0.05, 0.1) is 0 Å². The van der Waals surface area contributed by atoms with E-state index in [1.807, 2.05) is 0 Å². The van der Waals surface area contributed by atoms with E-state index in [4.69, 9.17) is 0 Å². The van der Waals surface area contributed by atoms with Crippen LogP contribution in [0.25, 0.3) is 0 Å². The molecule has 0 radical (unpaired) electrons. The third-order valence-corrected chi connectivity index (χ3v) is 4.88. The van der Waals surface area contributed by atoms with Crippen LogP contribution in [0, 0.1) is 0 Å². The van der Waals surface area contributed by atoms with Crippen molar-refractivity contribution in [3.05, 3.63) is 57.0 Å². The van der Waals surface area contributed by atoms with E-state index in [9.17, 15) is 0 Å². The van der Waals surface area contributed by atoms with Gasteiger partial charge < -0.3 is 5.32 Å². The molecule has 2 rings (SSSR count). The maximum Gasteiger partial charge on any atom is 0.0497 e. The topological polar surface area (TPSA) is 12.0 Å². The van der Waals surface area contributed by atoms with Gasteiger partial charge in [-0.2, -0.15) is 0 Å². The molecule has 0 aliphatic heterocycles. The summed E-state index contributed by atoms with van der Waals surface area (Å²) in [6.45, 7) is 2.17. The van der Waals surface area contributed by atoms with E-state index in [1.165, 1.54) is 16.1 Å². The number of nitrogens with one attached hydrogen (secondary N) is 1. The SMILES string of the molecule is CSc1ccccc1NC(C)c1ccc(Br)cc1Br. The van der Waals surface area contributed by atoms with Gasteiger partial charge in [-0.15, -0.1) is 11.8 Å². The Morgan fingerprint density at radius 3 is 2.53 bits per heavy atom. The lowest BCUT2D eigenvalue weighted by Crippen LogP contribution is -2.08. The molecule has 1 nitrogen and oxygen atoms in total. The summed E-state index contributed by atoms with van der Waals surface area (Å²) >= 11 is 8.86. The summed E-state index contributed by atoms with van der Waals surface area (Å²) in [4.78, 5) is 1.27. The average Bonchev–Trinajstić information content (AvgIpc) is 2.39. The fourth-order valence-electron chi connectivity index (χ4n) is 1.93. The van der Waals surface area contributed by atoms with Crippen molar-refractivity contribution in [3.8, 4) is 0 Å². The molecule has 2 aromatic carbocycles. The van der Waals surface area contributed by atoms with E-state index < -0.39 is 0 Å². The monoisotopic (exact) mass is 399 g/mol. The minimum atomic E-state index is 0.246. The van der Waals surface area contributed by atoms with Crippen molar-refractivity contribution in [2.75, 3.05) is 11.6 Å². The molecular formula is C15H15Br2NS. The van der Waals surface area contributed by atoms with Crippen molar-refractivity contribution >= 4 is 49.3 Å². The van der Waals surface area contributed by atoms with Crippen molar-refractivity contribution in [3.63, 3.8) is 0 Å². The predicted molar refractivity (Wildman–Crippen MR) is 92.1 cm³/mol. The van der Waals surface area contributed by atoms with E-state index >= 15 is 0 Å². The van der Waals surface area contributed by atoms with E-state index in [1.54, 1.807) is 11.8 Å². The Kier molecular flexibility index (Phi) is 5.37. The molecule has 0 saturated heterocycles. The molecule has 19 heavy (non-hydrogen) atoms. The Hall–Kier alpha value is -0.450. The highest BCUT2D eigenvalue weighted by atomic mass is 79.9. The predicted octanol–water partition coefficient (Wildman–Crippen LogP) is 6.11. The van der Waals surface area contributed by atoms with Crippen LogP contribution in [0.5, 0.6) is 0 Å². The van der Waals surface area contributed by atoms with Gasteiger partial charge in [-0.3, -0.25) is 0 Å². The van der Waals surface area contributed by atoms with Crippen LogP contribution in [-0.4, -0.2) is 6.26 Å². The van der Waals surface area contributed by atoms with Crippen LogP contribution in [0.2, 0.25) is 0 Å². The normalized spacial score (nSPS) is 12.2. The number of para-hydroxylation sites is 1. The van der Waals surface area contributed by atoms with Crippen LogP contribution in [0.1, 0.15) is 18.5 Å². The molecular weight excluding hydrogens is 386 g/mol. The molecule has 0 saturated carbocycles. The highest BCUT2D eigenvalue weighted by molar-refractivity contribution is 9.11. The lowest BCUT2D eigenvalue weighted by atomic mass is 10.1. The van der Waals surface area contributed by atoms with Crippen LogP contribution < -0.4 is 5.32 Å². The average molecular weight is 401 g/mol. The summed E-state index contributed by atoms with van der Waals surface area (Å²) in [6, 6.07) is 14.9. The molecule has 0 bridgehead atoms. The maximum atomic E-state index is 3.62. The van der Waals surface area contributed by atoms with Gasteiger partial charge in [-0.25, -0.2) is 0 Å². The van der Waals surface area contributed by atoms with E-state index in [0.717, 1.165) is 8.95 Å². The standard InChI is InChI=1S/C15H15Br2NS/c1-10(12-8-7-11(16)9-13(12)17)18-14-5-3-4-6-15(14)19-2/h3-10,18H,1-2H3. The van der Waals surface area contributed by atoms with Gasteiger partial charge in [0.15, 0.2) is 0 Å². The van der Waals surface area contributed by atoms with Gasteiger partial charge in [-0.1, -0.05) is 50.1 Å². The van der Waals surface area contributed by atoms with Crippen molar-refractivity contribution in [2.24, 2.45) is 0 Å². The summed E-state index contributed by atoms with van der Waals surface area (Å²) < 4.78 is 2.20. The second-order valence-corrected chi connectivity index (χ2v) is 6.85. The van der Waals surface area contributed by atoms with E-state index in [0.29, 0.717) is 0 Å². The first kappa shape index (κ1) is 14.9. The largest absolute Gasteiger partial charge is 0.378 e. The molecule has 2 aromatic rings. The lowest BCUT2D eigenvalue weighted by molar-refractivity contribution is 0.873. The Labute approximate surface area is 135 Å². The Bertz CT molecular complexity index is 572.